The number of amides is 1. The van der Waals surface area contributed by atoms with Crippen LogP contribution in [0.4, 0.5) is 0 Å². The van der Waals surface area contributed by atoms with E-state index in [9.17, 15) is 13.2 Å². The summed E-state index contributed by atoms with van der Waals surface area (Å²) in [4.78, 5) is 19.0. The third-order valence-electron chi connectivity index (χ3n) is 4.26. The van der Waals surface area contributed by atoms with Crippen molar-refractivity contribution in [1.82, 2.24) is 18.9 Å². The van der Waals surface area contributed by atoms with E-state index in [2.05, 4.69) is 9.71 Å². The second-order valence-corrected chi connectivity index (χ2v) is 7.50. The van der Waals surface area contributed by atoms with Gasteiger partial charge in [0, 0.05) is 44.7 Å². The highest BCUT2D eigenvalue weighted by Crippen LogP contribution is 2.23. The lowest BCUT2D eigenvalue weighted by Gasteiger charge is -2.33. The van der Waals surface area contributed by atoms with Gasteiger partial charge in [0.1, 0.15) is 0 Å². The Morgan fingerprint density at radius 1 is 1.20 bits per heavy atom. The summed E-state index contributed by atoms with van der Waals surface area (Å²) in [6.45, 7) is 1.18. The molecule has 8 nitrogen and oxygen atoms in total. The number of hydrogen-bond acceptors (Lipinski definition) is 5. The van der Waals surface area contributed by atoms with E-state index in [-0.39, 0.29) is 19.0 Å². The van der Waals surface area contributed by atoms with Gasteiger partial charge < -0.3 is 9.64 Å². The molecule has 2 heterocycles. The number of aromatic nitrogens is 1. The number of benzene rings is 1. The summed E-state index contributed by atoms with van der Waals surface area (Å²) in [5, 5.41) is 0.749. The Labute approximate surface area is 146 Å². The molecule has 3 rings (SSSR count). The molecule has 0 aliphatic carbocycles. The number of carbonyl (C=O) groups is 1. The second kappa shape index (κ2) is 6.95. The van der Waals surface area contributed by atoms with E-state index >= 15 is 0 Å². The van der Waals surface area contributed by atoms with Crippen LogP contribution in [0.2, 0.25) is 0 Å². The van der Waals surface area contributed by atoms with Crippen molar-refractivity contribution < 1.29 is 17.9 Å². The number of piperazine rings is 1. The molecule has 0 unspecified atom stereocenters. The van der Waals surface area contributed by atoms with Gasteiger partial charge in [-0.15, -0.1) is 0 Å². The molecule has 0 radical (unpaired) electrons. The fourth-order valence-corrected chi connectivity index (χ4v) is 3.77. The minimum Gasteiger partial charge on any atom is -0.481 e. The van der Waals surface area contributed by atoms with Gasteiger partial charge >= 0.3 is 0 Å². The van der Waals surface area contributed by atoms with E-state index in [4.69, 9.17) is 4.74 Å². The fourth-order valence-electron chi connectivity index (χ4n) is 2.86. The van der Waals surface area contributed by atoms with Crippen LogP contribution in [0.15, 0.2) is 30.3 Å². The molecule has 1 N–H and O–H groups in total. The van der Waals surface area contributed by atoms with E-state index in [1.54, 1.807) is 11.0 Å². The molecule has 1 aliphatic heterocycles. The molecule has 1 aromatic heterocycles. The molecule has 1 aromatic carbocycles. The number of methoxy groups -OCH3 is 1. The minimum absolute atomic E-state index is 0.154. The predicted octanol–water partition coefficient (Wildman–Crippen LogP) is 0.465. The third kappa shape index (κ3) is 3.44. The van der Waals surface area contributed by atoms with Crippen LogP contribution in [0.1, 0.15) is 10.4 Å². The van der Waals surface area contributed by atoms with Crippen LogP contribution in [-0.2, 0) is 10.2 Å². The Morgan fingerprint density at radius 3 is 2.52 bits per heavy atom. The van der Waals surface area contributed by atoms with Crippen molar-refractivity contribution in [2.24, 2.45) is 0 Å². The highest BCUT2D eigenvalue weighted by molar-refractivity contribution is 7.87. The summed E-state index contributed by atoms with van der Waals surface area (Å²) in [6, 6.07) is 9.00. The SMILES string of the molecule is CNS(=O)(=O)N1CCN(C(=O)c2cc(OC)nc3ccccc23)CC1. The highest BCUT2D eigenvalue weighted by atomic mass is 32.2. The van der Waals surface area contributed by atoms with E-state index in [1.807, 2.05) is 24.3 Å². The predicted molar refractivity (Wildman–Crippen MR) is 93.8 cm³/mol. The maximum absolute atomic E-state index is 13.0. The Hall–Kier alpha value is -2.23. The van der Waals surface area contributed by atoms with Gasteiger partial charge in [0.05, 0.1) is 18.2 Å². The van der Waals surface area contributed by atoms with Crippen molar-refractivity contribution in [3.8, 4) is 5.88 Å². The Bertz CT molecular complexity index is 892. The van der Waals surface area contributed by atoms with Crippen LogP contribution in [0.3, 0.4) is 0 Å². The molecule has 0 saturated carbocycles. The van der Waals surface area contributed by atoms with Crippen molar-refractivity contribution in [2.75, 3.05) is 40.3 Å². The molecule has 1 amide bonds. The van der Waals surface area contributed by atoms with E-state index in [0.29, 0.717) is 30.0 Å². The number of carbonyl (C=O) groups excluding carboxylic acids is 1. The summed E-state index contributed by atoms with van der Waals surface area (Å²) >= 11 is 0. The number of nitrogens with one attached hydrogen (secondary N) is 1. The zero-order chi connectivity index (χ0) is 18.0. The largest absolute Gasteiger partial charge is 0.481 e. The molecule has 2 aromatic rings. The van der Waals surface area contributed by atoms with E-state index < -0.39 is 10.2 Å². The lowest BCUT2D eigenvalue weighted by molar-refractivity contribution is 0.0699. The van der Waals surface area contributed by atoms with E-state index in [1.165, 1.54) is 18.5 Å². The molecule has 0 atom stereocenters. The van der Waals surface area contributed by atoms with Gasteiger partial charge in [0.15, 0.2) is 0 Å². The first kappa shape index (κ1) is 17.6. The average Bonchev–Trinajstić information content (AvgIpc) is 2.66. The molecule has 1 aliphatic rings. The molecule has 1 fully saturated rings. The number of hydrogen-bond donors (Lipinski definition) is 1. The smallest absolute Gasteiger partial charge is 0.279 e. The third-order valence-corrected chi connectivity index (χ3v) is 5.82. The summed E-state index contributed by atoms with van der Waals surface area (Å²) < 4.78 is 32.5. The summed E-state index contributed by atoms with van der Waals surface area (Å²) in [7, 11) is -0.581. The molecular formula is C16H20N4O4S. The first-order valence-electron chi connectivity index (χ1n) is 7.88. The van der Waals surface area contributed by atoms with Crippen LogP contribution in [-0.4, -0.2) is 68.9 Å². The lowest BCUT2D eigenvalue weighted by atomic mass is 10.1. The molecule has 134 valence electrons. The number of rotatable bonds is 4. The normalized spacial score (nSPS) is 16.2. The summed E-state index contributed by atoms with van der Waals surface area (Å²) in [5.41, 5.74) is 1.19. The van der Waals surface area contributed by atoms with Gasteiger partial charge in [-0.05, 0) is 6.07 Å². The molecule has 0 bridgehead atoms. The summed E-state index contributed by atoms with van der Waals surface area (Å²) in [5.74, 6) is 0.219. The Balaban J connectivity index is 1.86. The molecule has 25 heavy (non-hydrogen) atoms. The average molecular weight is 364 g/mol. The maximum Gasteiger partial charge on any atom is 0.279 e. The lowest BCUT2D eigenvalue weighted by Crippen LogP contribution is -2.52. The molecule has 9 heteroatoms. The van der Waals surface area contributed by atoms with Crippen LogP contribution in [0, 0.1) is 0 Å². The quantitative estimate of drug-likeness (QED) is 0.851. The number of pyridine rings is 1. The van der Waals surface area contributed by atoms with Crippen LogP contribution in [0.5, 0.6) is 5.88 Å². The zero-order valence-electron chi connectivity index (χ0n) is 14.1. The first-order valence-corrected chi connectivity index (χ1v) is 9.32. The van der Waals surface area contributed by atoms with E-state index in [0.717, 1.165) is 5.39 Å². The van der Waals surface area contributed by atoms with Crippen LogP contribution in [0.25, 0.3) is 10.9 Å². The van der Waals surface area contributed by atoms with Gasteiger partial charge in [-0.2, -0.15) is 12.7 Å². The second-order valence-electron chi connectivity index (χ2n) is 5.63. The number of nitrogens with zero attached hydrogens (tertiary/aromatic N) is 3. The molecular weight excluding hydrogens is 344 g/mol. The number of fused-ring (bicyclic) bond motifs is 1. The Morgan fingerprint density at radius 2 is 1.88 bits per heavy atom. The van der Waals surface area contributed by atoms with Gasteiger partial charge in [-0.25, -0.2) is 9.71 Å². The molecule has 0 spiro atoms. The maximum atomic E-state index is 13.0. The highest BCUT2D eigenvalue weighted by Gasteiger charge is 2.29. The summed E-state index contributed by atoms with van der Waals surface area (Å²) in [6.07, 6.45) is 0. The van der Waals surface area contributed by atoms with Crippen molar-refractivity contribution in [2.45, 2.75) is 0 Å². The topological polar surface area (TPSA) is 91.8 Å². The van der Waals surface area contributed by atoms with Gasteiger partial charge in [-0.3, -0.25) is 4.79 Å². The van der Waals surface area contributed by atoms with Crippen molar-refractivity contribution in [3.63, 3.8) is 0 Å². The van der Waals surface area contributed by atoms with Crippen molar-refractivity contribution in [3.05, 3.63) is 35.9 Å². The number of para-hydroxylation sites is 1. The van der Waals surface area contributed by atoms with Gasteiger partial charge in [0.25, 0.3) is 16.1 Å². The van der Waals surface area contributed by atoms with Gasteiger partial charge in [0.2, 0.25) is 5.88 Å². The monoisotopic (exact) mass is 364 g/mol. The van der Waals surface area contributed by atoms with Crippen molar-refractivity contribution in [1.29, 1.82) is 0 Å². The fraction of sp³-hybridized carbons (Fsp3) is 0.375. The number of ether oxygens (including phenoxy) is 1. The molecule has 1 saturated heterocycles. The minimum atomic E-state index is -3.46. The first-order chi connectivity index (χ1) is 12.0. The van der Waals surface area contributed by atoms with Gasteiger partial charge in [-0.1, -0.05) is 18.2 Å². The van der Waals surface area contributed by atoms with Crippen LogP contribution < -0.4 is 9.46 Å². The van der Waals surface area contributed by atoms with Crippen LogP contribution >= 0.6 is 0 Å². The Kier molecular flexibility index (Phi) is 4.89. The van der Waals surface area contributed by atoms with Crippen molar-refractivity contribution >= 4 is 27.0 Å². The standard InChI is InChI=1S/C16H20N4O4S/c1-17-25(22,23)20-9-7-19(8-10-20)16(21)13-11-15(24-2)18-14-6-4-3-5-12(13)14/h3-6,11,17H,7-10H2,1-2H3. The zero-order valence-corrected chi connectivity index (χ0v) is 14.9.